The lowest BCUT2D eigenvalue weighted by molar-refractivity contribution is 0.119. The molecule has 0 spiro atoms. The Kier molecular flexibility index (Phi) is 5.06. The molecule has 1 N–H and O–H groups in total. The number of rotatable bonds is 5. The predicted molar refractivity (Wildman–Crippen MR) is 76.3 cm³/mol. The quantitative estimate of drug-likeness (QED) is 0.886. The summed E-state index contributed by atoms with van der Waals surface area (Å²) in [6.07, 6.45) is 2.15. The van der Waals surface area contributed by atoms with Gasteiger partial charge in [0.05, 0.1) is 0 Å². The van der Waals surface area contributed by atoms with Gasteiger partial charge in [0.1, 0.15) is 22.7 Å². The molecule has 1 aromatic rings. The molecule has 2 atom stereocenters. The third-order valence-electron chi connectivity index (χ3n) is 3.52. The molecular formula is C15H21ClFNO. The van der Waals surface area contributed by atoms with E-state index in [1.807, 2.05) is 0 Å². The molecule has 1 unspecified atom stereocenters. The lowest BCUT2D eigenvalue weighted by Crippen LogP contribution is -2.30. The normalized spacial score (nSPS) is 20.8. The van der Waals surface area contributed by atoms with Gasteiger partial charge in [-0.2, -0.15) is 0 Å². The molecule has 0 amide bonds. The first kappa shape index (κ1) is 14.6. The van der Waals surface area contributed by atoms with Crippen LogP contribution in [0.15, 0.2) is 18.2 Å². The van der Waals surface area contributed by atoms with Gasteiger partial charge in [0.25, 0.3) is 0 Å². The summed E-state index contributed by atoms with van der Waals surface area (Å²) < 4.78 is 19.5. The van der Waals surface area contributed by atoms with Gasteiger partial charge in [-0.05, 0) is 37.4 Å². The van der Waals surface area contributed by atoms with Crippen LogP contribution in [0.1, 0.15) is 26.7 Å². The van der Waals surface area contributed by atoms with Crippen molar-refractivity contribution in [2.75, 3.05) is 13.1 Å². The Morgan fingerprint density at radius 3 is 2.89 bits per heavy atom. The van der Waals surface area contributed by atoms with Crippen molar-refractivity contribution >= 4 is 11.6 Å². The Morgan fingerprint density at radius 2 is 2.26 bits per heavy atom. The molecule has 19 heavy (non-hydrogen) atoms. The van der Waals surface area contributed by atoms with Crippen molar-refractivity contribution in [3.8, 4) is 5.75 Å². The summed E-state index contributed by atoms with van der Waals surface area (Å²) in [6, 6.07) is 4.72. The van der Waals surface area contributed by atoms with E-state index in [2.05, 4.69) is 19.2 Å². The van der Waals surface area contributed by atoms with Crippen LogP contribution in [0.2, 0.25) is 5.02 Å². The van der Waals surface area contributed by atoms with Gasteiger partial charge in [-0.25, -0.2) is 4.39 Å². The maximum atomic E-state index is 13.4. The molecule has 4 heteroatoms. The van der Waals surface area contributed by atoms with E-state index >= 15 is 0 Å². The van der Waals surface area contributed by atoms with Crippen LogP contribution in [-0.4, -0.2) is 19.2 Å². The van der Waals surface area contributed by atoms with Crippen molar-refractivity contribution < 1.29 is 9.13 Å². The van der Waals surface area contributed by atoms with Crippen LogP contribution < -0.4 is 10.1 Å². The lowest BCUT2D eigenvalue weighted by atomic mass is 9.93. The van der Waals surface area contributed by atoms with Gasteiger partial charge in [-0.15, -0.1) is 0 Å². The monoisotopic (exact) mass is 285 g/mol. The summed E-state index contributed by atoms with van der Waals surface area (Å²) in [4.78, 5) is 0. The van der Waals surface area contributed by atoms with Gasteiger partial charge in [-0.3, -0.25) is 0 Å². The van der Waals surface area contributed by atoms with Crippen molar-refractivity contribution in [3.05, 3.63) is 29.0 Å². The summed E-state index contributed by atoms with van der Waals surface area (Å²) in [5.41, 5.74) is 0. The van der Waals surface area contributed by atoms with Gasteiger partial charge in [-0.1, -0.05) is 31.5 Å². The molecule has 2 nitrogen and oxygen atoms in total. The highest BCUT2D eigenvalue weighted by atomic mass is 35.5. The molecule has 0 aliphatic carbocycles. The van der Waals surface area contributed by atoms with E-state index in [0.717, 1.165) is 25.9 Å². The van der Waals surface area contributed by atoms with Gasteiger partial charge in [0.15, 0.2) is 0 Å². The van der Waals surface area contributed by atoms with E-state index in [1.54, 1.807) is 12.1 Å². The Balaban J connectivity index is 2.12. The van der Waals surface area contributed by atoms with Gasteiger partial charge < -0.3 is 10.1 Å². The van der Waals surface area contributed by atoms with E-state index in [-0.39, 0.29) is 11.1 Å². The van der Waals surface area contributed by atoms with Crippen molar-refractivity contribution in [1.29, 1.82) is 0 Å². The zero-order valence-corrected chi connectivity index (χ0v) is 12.2. The first-order valence-electron chi connectivity index (χ1n) is 6.89. The summed E-state index contributed by atoms with van der Waals surface area (Å²) in [6.45, 7) is 6.33. The van der Waals surface area contributed by atoms with Crippen molar-refractivity contribution in [3.63, 3.8) is 0 Å². The van der Waals surface area contributed by atoms with Gasteiger partial charge >= 0.3 is 0 Å². The van der Waals surface area contributed by atoms with Crippen LogP contribution >= 0.6 is 11.6 Å². The fourth-order valence-electron chi connectivity index (χ4n) is 2.53. The van der Waals surface area contributed by atoms with Gasteiger partial charge in [0, 0.05) is 12.5 Å². The molecule has 106 valence electrons. The van der Waals surface area contributed by atoms with E-state index in [1.165, 1.54) is 6.07 Å². The Hall–Kier alpha value is -0.800. The predicted octanol–water partition coefficient (Wildman–Crippen LogP) is 3.88. The Morgan fingerprint density at radius 1 is 1.47 bits per heavy atom. The molecular weight excluding hydrogens is 265 g/mol. The maximum Gasteiger partial charge on any atom is 0.145 e. The second-order valence-corrected chi connectivity index (χ2v) is 5.97. The number of halogens is 2. The number of hydrogen-bond acceptors (Lipinski definition) is 2. The van der Waals surface area contributed by atoms with Crippen LogP contribution in [-0.2, 0) is 0 Å². The summed E-state index contributed by atoms with van der Waals surface area (Å²) in [5, 5.41) is 3.44. The minimum absolute atomic E-state index is 0.0854. The van der Waals surface area contributed by atoms with E-state index < -0.39 is 5.82 Å². The van der Waals surface area contributed by atoms with E-state index in [0.29, 0.717) is 17.6 Å². The number of benzene rings is 1. The molecule has 1 aliphatic rings. The highest BCUT2D eigenvalue weighted by Crippen LogP contribution is 2.31. The van der Waals surface area contributed by atoms with Crippen LogP contribution in [0.25, 0.3) is 0 Å². The third kappa shape index (κ3) is 3.83. The Bertz CT molecular complexity index is 419. The van der Waals surface area contributed by atoms with E-state index in [9.17, 15) is 4.39 Å². The highest BCUT2D eigenvalue weighted by molar-refractivity contribution is 6.32. The average Bonchev–Trinajstić information content (AvgIpc) is 2.87. The highest BCUT2D eigenvalue weighted by Gasteiger charge is 2.28. The van der Waals surface area contributed by atoms with Crippen molar-refractivity contribution in [1.82, 2.24) is 5.32 Å². The van der Waals surface area contributed by atoms with Crippen LogP contribution in [0, 0.1) is 17.7 Å². The summed E-state index contributed by atoms with van der Waals surface area (Å²) in [5.74, 6) is 1.05. The topological polar surface area (TPSA) is 21.3 Å². The molecule has 0 radical (unpaired) electrons. The minimum Gasteiger partial charge on any atom is -0.488 e. The molecule has 1 aliphatic heterocycles. The lowest BCUT2D eigenvalue weighted by Gasteiger charge is -2.26. The van der Waals surface area contributed by atoms with E-state index in [4.69, 9.17) is 16.3 Å². The summed E-state index contributed by atoms with van der Waals surface area (Å²) in [7, 11) is 0. The number of hydrogen-bond donors (Lipinski definition) is 1. The molecule has 0 aromatic heterocycles. The van der Waals surface area contributed by atoms with Crippen molar-refractivity contribution in [2.45, 2.75) is 32.8 Å². The standard InChI is InChI=1S/C15H21ClFNO/c1-10(2)8-14(11-6-7-18-9-11)19-13-5-3-4-12(17)15(13)16/h3-5,10-11,14,18H,6-9H2,1-2H3/t11?,14-/m0/s1. The largest absolute Gasteiger partial charge is 0.488 e. The van der Waals surface area contributed by atoms with Crippen LogP contribution in [0.3, 0.4) is 0 Å². The molecule has 2 rings (SSSR count). The van der Waals surface area contributed by atoms with Crippen LogP contribution in [0.5, 0.6) is 5.75 Å². The molecule has 0 bridgehead atoms. The molecule has 1 fully saturated rings. The molecule has 1 heterocycles. The van der Waals surface area contributed by atoms with Gasteiger partial charge in [0.2, 0.25) is 0 Å². The minimum atomic E-state index is -0.424. The smallest absolute Gasteiger partial charge is 0.145 e. The average molecular weight is 286 g/mol. The van der Waals surface area contributed by atoms with Crippen LogP contribution in [0.4, 0.5) is 4.39 Å². The third-order valence-corrected chi connectivity index (χ3v) is 3.89. The SMILES string of the molecule is CC(C)C[C@H](Oc1cccc(F)c1Cl)C1CCNC1. The number of nitrogens with one attached hydrogen (secondary N) is 1. The Labute approximate surface area is 119 Å². The second-order valence-electron chi connectivity index (χ2n) is 5.59. The van der Waals surface area contributed by atoms with Crippen molar-refractivity contribution in [2.24, 2.45) is 11.8 Å². The molecule has 1 saturated heterocycles. The first-order chi connectivity index (χ1) is 9.08. The molecule has 0 saturated carbocycles. The summed E-state index contributed by atoms with van der Waals surface area (Å²) >= 11 is 5.96. The second kappa shape index (κ2) is 6.58. The zero-order chi connectivity index (χ0) is 13.8. The number of ether oxygens (including phenoxy) is 1. The fraction of sp³-hybridized carbons (Fsp3) is 0.600. The first-order valence-corrected chi connectivity index (χ1v) is 7.27. The fourth-order valence-corrected chi connectivity index (χ4v) is 2.70. The zero-order valence-electron chi connectivity index (χ0n) is 11.5. The maximum absolute atomic E-state index is 13.4. The molecule has 1 aromatic carbocycles.